The molecule has 108 valence electrons. The van der Waals surface area contributed by atoms with E-state index in [2.05, 4.69) is 5.32 Å². The summed E-state index contributed by atoms with van der Waals surface area (Å²) < 4.78 is 10.4. The molecule has 0 bridgehead atoms. The molecular formula is C15H19NO4. The number of hydrogen-bond acceptors (Lipinski definition) is 4. The van der Waals surface area contributed by atoms with E-state index in [1.807, 2.05) is 6.07 Å². The van der Waals surface area contributed by atoms with Gasteiger partial charge in [0.05, 0.1) is 0 Å². The van der Waals surface area contributed by atoms with E-state index in [1.165, 1.54) is 0 Å². The normalized spacial score (nSPS) is 13.2. The summed E-state index contributed by atoms with van der Waals surface area (Å²) in [4.78, 5) is 23.2. The lowest BCUT2D eigenvalue weighted by Crippen LogP contribution is -2.30. The van der Waals surface area contributed by atoms with Crippen LogP contribution in [0.25, 0.3) is 0 Å². The van der Waals surface area contributed by atoms with Gasteiger partial charge in [-0.05, 0) is 18.9 Å². The number of amides is 1. The van der Waals surface area contributed by atoms with Gasteiger partial charge < -0.3 is 14.8 Å². The number of rotatable bonds is 7. The van der Waals surface area contributed by atoms with Crippen molar-refractivity contribution in [2.75, 3.05) is 26.9 Å². The van der Waals surface area contributed by atoms with Crippen LogP contribution in [0.2, 0.25) is 0 Å². The van der Waals surface area contributed by atoms with E-state index in [0.29, 0.717) is 31.7 Å². The van der Waals surface area contributed by atoms with E-state index in [-0.39, 0.29) is 18.3 Å². The minimum absolute atomic E-state index is 0.0301. The van der Waals surface area contributed by atoms with Gasteiger partial charge in [0.25, 0.3) is 5.91 Å². The predicted molar refractivity (Wildman–Crippen MR) is 74.1 cm³/mol. The Kier molecular flexibility index (Phi) is 5.12. The van der Waals surface area contributed by atoms with Gasteiger partial charge in [-0.3, -0.25) is 9.59 Å². The summed E-state index contributed by atoms with van der Waals surface area (Å²) in [6, 6.07) is 5.39. The number of carbonyl (C=O) groups excluding carboxylic acids is 2. The summed E-state index contributed by atoms with van der Waals surface area (Å²) in [5.41, 5.74) is 1.65. The fourth-order valence-corrected chi connectivity index (χ4v) is 2.23. The third-order valence-corrected chi connectivity index (χ3v) is 3.24. The van der Waals surface area contributed by atoms with Crippen molar-refractivity contribution in [3.8, 4) is 5.75 Å². The van der Waals surface area contributed by atoms with Crippen molar-refractivity contribution < 1.29 is 19.1 Å². The molecule has 1 aliphatic carbocycles. The molecule has 1 aromatic carbocycles. The van der Waals surface area contributed by atoms with E-state index >= 15 is 0 Å². The highest BCUT2D eigenvalue weighted by atomic mass is 16.5. The Bertz CT molecular complexity index is 499. The minimum atomic E-state index is -0.164. The van der Waals surface area contributed by atoms with Crippen molar-refractivity contribution in [3.63, 3.8) is 0 Å². The molecule has 1 aliphatic rings. The number of ether oxygens (including phenoxy) is 2. The number of hydrogen-bond donors (Lipinski definition) is 1. The molecule has 0 unspecified atom stereocenters. The monoisotopic (exact) mass is 277 g/mol. The van der Waals surface area contributed by atoms with E-state index < -0.39 is 0 Å². The minimum Gasteiger partial charge on any atom is -0.483 e. The molecule has 5 nitrogen and oxygen atoms in total. The van der Waals surface area contributed by atoms with Gasteiger partial charge in [0.1, 0.15) is 5.75 Å². The van der Waals surface area contributed by atoms with Gasteiger partial charge in [0, 0.05) is 37.8 Å². The van der Waals surface area contributed by atoms with Crippen molar-refractivity contribution in [1.82, 2.24) is 5.32 Å². The number of Topliss-reactive ketones (excluding diaryl/α,β-unsaturated/α-hetero) is 1. The van der Waals surface area contributed by atoms with E-state index in [0.717, 1.165) is 17.5 Å². The number of benzene rings is 1. The van der Waals surface area contributed by atoms with Crippen LogP contribution in [0.15, 0.2) is 18.2 Å². The number of fused-ring (bicyclic) bond motifs is 1. The molecule has 0 aromatic heterocycles. The molecule has 20 heavy (non-hydrogen) atoms. The summed E-state index contributed by atoms with van der Waals surface area (Å²) in [7, 11) is 1.63. The van der Waals surface area contributed by atoms with Crippen molar-refractivity contribution in [3.05, 3.63) is 29.3 Å². The average Bonchev–Trinajstić information content (AvgIpc) is 2.84. The van der Waals surface area contributed by atoms with Crippen LogP contribution in [-0.2, 0) is 16.0 Å². The summed E-state index contributed by atoms with van der Waals surface area (Å²) in [6.07, 6.45) is 2.00. The second-order valence-corrected chi connectivity index (χ2v) is 4.69. The molecule has 0 saturated heterocycles. The molecule has 5 heteroatoms. The highest BCUT2D eigenvalue weighted by Crippen LogP contribution is 2.30. The summed E-state index contributed by atoms with van der Waals surface area (Å²) >= 11 is 0. The number of carbonyl (C=O) groups is 2. The van der Waals surface area contributed by atoms with Crippen LogP contribution in [0.5, 0.6) is 5.75 Å². The molecule has 0 radical (unpaired) electrons. The smallest absolute Gasteiger partial charge is 0.257 e. The Morgan fingerprint density at radius 3 is 3.00 bits per heavy atom. The highest BCUT2D eigenvalue weighted by molar-refractivity contribution is 6.01. The lowest BCUT2D eigenvalue weighted by molar-refractivity contribution is -0.123. The lowest BCUT2D eigenvalue weighted by atomic mass is 10.1. The third kappa shape index (κ3) is 3.57. The SMILES string of the molecule is COCCCNC(=O)COc1cccc2c1CCC2=O. The molecule has 1 amide bonds. The molecular weight excluding hydrogens is 258 g/mol. The summed E-state index contributed by atoms with van der Waals surface area (Å²) in [5, 5.41) is 2.75. The van der Waals surface area contributed by atoms with Crippen molar-refractivity contribution in [1.29, 1.82) is 0 Å². The van der Waals surface area contributed by atoms with Crippen LogP contribution in [0.4, 0.5) is 0 Å². The molecule has 0 spiro atoms. The van der Waals surface area contributed by atoms with Crippen LogP contribution in [0.1, 0.15) is 28.8 Å². The topological polar surface area (TPSA) is 64.6 Å². The van der Waals surface area contributed by atoms with Gasteiger partial charge in [0.2, 0.25) is 0 Å². The Balaban J connectivity index is 1.83. The van der Waals surface area contributed by atoms with E-state index in [9.17, 15) is 9.59 Å². The van der Waals surface area contributed by atoms with Crippen molar-refractivity contribution >= 4 is 11.7 Å². The molecule has 1 aromatic rings. The first-order chi connectivity index (χ1) is 9.72. The Labute approximate surface area is 118 Å². The average molecular weight is 277 g/mol. The van der Waals surface area contributed by atoms with Crippen LogP contribution >= 0.6 is 0 Å². The summed E-state index contributed by atoms with van der Waals surface area (Å²) in [5.74, 6) is 0.623. The molecule has 0 atom stereocenters. The number of nitrogens with one attached hydrogen (secondary N) is 1. The molecule has 1 N–H and O–H groups in total. The van der Waals surface area contributed by atoms with E-state index in [4.69, 9.17) is 9.47 Å². The van der Waals surface area contributed by atoms with Gasteiger partial charge in [-0.25, -0.2) is 0 Å². The van der Waals surface area contributed by atoms with E-state index in [1.54, 1.807) is 19.2 Å². The summed E-state index contributed by atoms with van der Waals surface area (Å²) in [6.45, 7) is 1.16. The van der Waals surface area contributed by atoms with Crippen LogP contribution < -0.4 is 10.1 Å². The van der Waals surface area contributed by atoms with Gasteiger partial charge in [-0.2, -0.15) is 0 Å². The van der Waals surface area contributed by atoms with Gasteiger partial charge >= 0.3 is 0 Å². The fourth-order valence-electron chi connectivity index (χ4n) is 2.23. The lowest BCUT2D eigenvalue weighted by Gasteiger charge is -2.10. The first-order valence-electron chi connectivity index (χ1n) is 6.76. The standard InChI is InChI=1S/C15H19NO4/c1-19-9-3-8-16-15(18)10-20-14-5-2-4-11-12(14)6-7-13(11)17/h2,4-5H,3,6-10H2,1H3,(H,16,18). The third-order valence-electron chi connectivity index (χ3n) is 3.24. The number of methoxy groups -OCH3 is 1. The second kappa shape index (κ2) is 7.05. The van der Waals surface area contributed by atoms with Crippen molar-refractivity contribution in [2.45, 2.75) is 19.3 Å². The zero-order chi connectivity index (χ0) is 14.4. The van der Waals surface area contributed by atoms with Gasteiger partial charge in [-0.1, -0.05) is 12.1 Å². The van der Waals surface area contributed by atoms with Gasteiger partial charge in [-0.15, -0.1) is 0 Å². The van der Waals surface area contributed by atoms with Crippen LogP contribution in [-0.4, -0.2) is 38.6 Å². The maximum Gasteiger partial charge on any atom is 0.257 e. The first kappa shape index (κ1) is 14.5. The fraction of sp³-hybridized carbons (Fsp3) is 0.467. The second-order valence-electron chi connectivity index (χ2n) is 4.69. The Hall–Kier alpha value is -1.88. The van der Waals surface area contributed by atoms with Crippen LogP contribution in [0, 0.1) is 0 Å². The Morgan fingerprint density at radius 2 is 2.20 bits per heavy atom. The predicted octanol–water partition coefficient (Wildman–Crippen LogP) is 1.35. The maximum atomic E-state index is 11.6. The molecule has 0 fully saturated rings. The largest absolute Gasteiger partial charge is 0.483 e. The van der Waals surface area contributed by atoms with Crippen LogP contribution in [0.3, 0.4) is 0 Å². The quantitative estimate of drug-likeness (QED) is 0.764. The molecule has 2 rings (SSSR count). The van der Waals surface area contributed by atoms with Crippen molar-refractivity contribution in [2.24, 2.45) is 0 Å². The highest BCUT2D eigenvalue weighted by Gasteiger charge is 2.22. The van der Waals surface area contributed by atoms with Gasteiger partial charge in [0.15, 0.2) is 12.4 Å². The zero-order valence-corrected chi connectivity index (χ0v) is 11.6. The Morgan fingerprint density at radius 1 is 1.35 bits per heavy atom. The maximum absolute atomic E-state index is 11.6. The molecule has 0 saturated carbocycles. The first-order valence-corrected chi connectivity index (χ1v) is 6.76. The number of ketones is 1. The molecule has 0 heterocycles. The molecule has 0 aliphatic heterocycles. The zero-order valence-electron chi connectivity index (χ0n) is 11.6.